The van der Waals surface area contributed by atoms with Gasteiger partial charge in [0.1, 0.15) is 11.6 Å². The van der Waals surface area contributed by atoms with Gasteiger partial charge in [0.25, 0.3) is 15.6 Å². The van der Waals surface area contributed by atoms with E-state index in [-0.39, 0.29) is 42.8 Å². The summed E-state index contributed by atoms with van der Waals surface area (Å²) in [5.41, 5.74) is -7.33. The first-order valence-corrected chi connectivity index (χ1v) is 14.6. The second-order valence-corrected chi connectivity index (χ2v) is 12.0. The van der Waals surface area contributed by atoms with Crippen LogP contribution >= 0.6 is 0 Å². The van der Waals surface area contributed by atoms with Crippen LogP contribution in [0.15, 0.2) is 47.4 Å². The molecule has 0 bridgehead atoms. The number of hydrogen-bond acceptors (Lipinski definition) is 6. The standard InChI is InChI=1S/C27H27F7N2O6S/c28-19-3-7-22(8-4-19)43(40,41)36-20(16-21(37)6-10-24(38)35-11-13-42-14-12-35)5-1-17-15-18(2-9-23(17)36)25(39,26(29,30)31)27(32,33)34/h2-4,7-9,15,20,39H,1,5-6,10-14,16H2/t20-/m0/s1. The first-order chi connectivity index (χ1) is 20.0. The Kier molecular flexibility index (Phi) is 9.14. The smallest absolute Gasteiger partial charge is 0.378 e. The van der Waals surface area contributed by atoms with Crippen molar-refractivity contribution >= 4 is 27.4 Å². The number of halogens is 7. The van der Waals surface area contributed by atoms with E-state index in [1.807, 2.05) is 0 Å². The number of amides is 1. The summed E-state index contributed by atoms with van der Waals surface area (Å²) in [5.74, 6) is -1.55. The topological polar surface area (TPSA) is 104 Å². The summed E-state index contributed by atoms with van der Waals surface area (Å²) in [7, 11) is -4.62. The fraction of sp³-hybridized carbons (Fsp3) is 0.481. The molecule has 0 unspecified atom stereocenters. The van der Waals surface area contributed by atoms with Gasteiger partial charge in [0.05, 0.1) is 29.8 Å². The highest BCUT2D eigenvalue weighted by Gasteiger charge is 2.71. The number of hydrogen-bond donors (Lipinski definition) is 1. The van der Waals surface area contributed by atoms with Crippen LogP contribution in [0, 0.1) is 5.82 Å². The second kappa shape index (κ2) is 12.0. The number of ketones is 1. The van der Waals surface area contributed by atoms with Gasteiger partial charge in [-0.3, -0.25) is 13.9 Å². The molecule has 2 aromatic rings. The zero-order chi connectivity index (χ0) is 31.8. The highest BCUT2D eigenvalue weighted by Crippen LogP contribution is 2.51. The molecule has 16 heteroatoms. The number of aryl methyl sites for hydroxylation is 1. The van der Waals surface area contributed by atoms with E-state index >= 15 is 0 Å². The van der Waals surface area contributed by atoms with E-state index < -0.39 is 62.5 Å². The van der Waals surface area contributed by atoms with Gasteiger partial charge in [-0.1, -0.05) is 12.1 Å². The molecular formula is C27H27F7N2O6S. The molecule has 0 aliphatic carbocycles. The zero-order valence-corrected chi connectivity index (χ0v) is 23.2. The quantitative estimate of drug-likeness (QED) is 0.433. The largest absolute Gasteiger partial charge is 0.430 e. The monoisotopic (exact) mass is 640 g/mol. The maximum absolute atomic E-state index is 13.7. The summed E-state index contributed by atoms with van der Waals surface area (Å²) in [5, 5.41) is 9.86. The van der Waals surface area contributed by atoms with Gasteiger partial charge < -0.3 is 14.7 Å². The fourth-order valence-electron chi connectivity index (χ4n) is 5.16. The molecule has 2 aromatic carbocycles. The number of rotatable bonds is 8. The third-order valence-electron chi connectivity index (χ3n) is 7.45. The van der Waals surface area contributed by atoms with Gasteiger partial charge in [-0.15, -0.1) is 0 Å². The van der Waals surface area contributed by atoms with E-state index in [1.165, 1.54) is 4.90 Å². The van der Waals surface area contributed by atoms with Crippen LogP contribution in [0.2, 0.25) is 0 Å². The van der Waals surface area contributed by atoms with E-state index in [2.05, 4.69) is 0 Å². The van der Waals surface area contributed by atoms with E-state index in [0.29, 0.717) is 44.5 Å². The molecular weight excluding hydrogens is 613 g/mol. The molecule has 1 N–H and O–H groups in total. The summed E-state index contributed by atoms with van der Waals surface area (Å²) >= 11 is 0. The van der Waals surface area contributed by atoms with Gasteiger partial charge in [-0.2, -0.15) is 26.3 Å². The predicted molar refractivity (Wildman–Crippen MR) is 137 cm³/mol. The highest BCUT2D eigenvalue weighted by atomic mass is 32.2. The maximum atomic E-state index is 13.7. The lowest BCUT2D eigenvalue weighted by molar-refractivity contribution is -0.376. The summed E-state index contributed by atoms with van der Waals surface area (Å²) in [6.45, 7) is 1.41. The van der Waals surface area contributed by atoms with Gasteiger partial charge in [-0.25, -0.2) is 12.8 Å². The van der Waals surface area contributed by atoms with Crippen molar-refractivity contribution in [3.63, 3.8) is 0 Å². The molecule has 0 aromatic heterocycles. The van der Waals surface area contributed by atoms with Crippen LogP contribution < -0.4 is 4.31 Å². The van der Waals surface area contributed by atoms with Crippen molar-refractivity contribution in [3.05, 3.63) is 59.4 Å². The first-order valence-electron chi connectivity index (χ1n) is 13.1. The average Bonchev–Trinajstić information content (AvgIpc) is 2.94. The molecule has 2 aliphatic heterocycles. The Labute approximate surface area is 242 Å². The number of anilines is 1. The number of carbonyl (C=O) groups excluding carboxylic acids is 2. The van der Waals surface area contributed by atoms with Crippen molar-refractivity contribution in [1.82, 2.24) is 4.90 Å². The SMILES string of the molecule is O=C(CCC(=O)N1CCOCC1)C[C@@H]1CCc2cc(C(O)(C(F)(F)F)C(F)(F)F)ccc2N1S(=O)(=O)c1ccc(F)cc1. The van der Waals surface area contributed by atoms with E-state index in [1.54, 1.807) is 0 Å². The Balaban J connectivity index is 1.68. The molecule has 0 radical (unpaired) electrons. The van der Waals surface area contributed by atoms with E-state index in [4.69, 9.17) is 4.74 Å². The summed E-state index contributed by atoms with van der Waals surface area (Å²) < 4.78 is 128. The van der Waals surface area contributed by atoms with Gasteiger partial charge in [0.15, 0.2) is 0 Å². The van der Waals surface area contributed by atoms with E-state index in [0.717, 1.165) is 28.6 Å². The predicted octanol–water partition coefficient (Wildman–Crippen LogP) is 4.25. The number of sulfonamides is 1. The van der Waals surface area contributed by atoms with Crippen molar-refractivity contribution in [2.45, 2.75) is 61.0 Å². The lowest BCUT2D eigenvalue weighted by Gasteiger charge is -2.39. The minimum absolute atomic E-state index is 0.149. The molecule has 0 spiro atoms. The average molecular weight is 641 g/mol. The van der Waals surface area contributed by atoms with Crippen molar-refractivity contribution in [1.29, 1.82) is 0 Å². The molecule has 1 amide bonds. The summed E-state index contributed by atoms with van der Waals surface area (Å²) in [4.78, 5) is 26.5. The molecule has 43 heavy (non-hydrogen) atoms. The number of fused-ring (bicyclic) bond motifs is 1. The lowest BCUT2D eigenvalue weighted by Crippen LogP contribution is -2.54. The first kappa shape index (κ1) is 32.7. The molecule has 4 rings (SSSR count). The number of nitrogens with zero attached hydrogens (tertiary/aromatic N) is 2. The normalized spacial score (nSPS) is 18.4. The second-order valence-electron chi connectivity index (χ2n) is 10.2. The van der Waals surface area contributed by atoms with Crippen molar-refractivity contribution < 1.29 is 58.6 Å². The van der Waals surface area contributed by atoms with Gasteiger partial charge >= 0.3 is 12.4 Å². The Hall–Kier alpha value is -3.24. The maximum Gasteiger partial charge on any atom is 0.430 e. The Morgan fingerprint density at radius 3 is 2.12 bits per heavy atom. The van der Waals surface area contributed by atoms with Gasteiger partial charge in [0.2, 0.25) is 5.91 Å². The highest BCUT2D eigenvalue weighted by molar-refractivity contribution is 7.92. The fourth-order valence-corrected chi connectivity index (χ4v) is 6.88. The molecule has 1 saturated heterocycles. The lowest BCUT2D eigenvalue weighted by atomic mass is 9.87. The van der Waals surface area contributed by atoms with Crippen LogP contribution in [0.25, 0.3) is 0 Å². The number of ether oxygens (including phenoxy) is 1. The van der Waals surface area contributed by atoms with Crippen LogP contribution in [0.5, 0.6) is 0 Å². The van der Waals surface area contributed by atoms with Gasteiger partial charge in [0, 0.05) is 37.9 Å². The third kappa shape index (κ3) is 6.50. The van der Waals surface area contributed by atoms with Crippen LogP contribution in [0.1, 0.15) is 36.8 Å². The summed E-state index contributed by atoms with van der Waals surface area (Å²) in [6.07, 6.45) is -13.5. The Morgan fingerprint density at radius 2 is 1.53 bits per heavy atom. The molecule has 236 valence electrons. The van der Waals surface area contributed by atoms with Crippen LogP contribution in [0.3, 0.4) is 0 Å². The van der Waals surface area contributed by atoms with Crippen molar-refractivity contribution in [3.8, 4) is 0 Å². The number of aliphatic hydroxyl groups is 1. The number of alkyl halides is 6. The van der Waals surface area contributed by atoms with Gasteiger partial charge in [-0.05, 0) is 48.7 Å². The molecule has 8 nitrogen and oxygen atoms in total. The number of Topliss-reactive ketones (excluding diaryl/α,β-unsaturated/α-hetero) is 1. The number of morpholine rings is 1. The Bertz CT molecular complexity index is 1440. The molecule has 1 atom stereocenters. The van der Waals surface area contributed by atoms with E-state index in [9.17, 15) is 53.8 Å². The van der Waals surface area contributed by atoms with Crippen LogP contribution in [-0.2, 0) is 36.4 Å². The van der Waals surface area contributed by atoms with Crippen molar-refractivity contribution in [2.75, 3.05) is 30.6 Å². The molecule has 0 saturated carbocycles. The minimum atomic E-state index is -6.15. The third-order valence-corrected chi connectivity index (χ3v) is 9.33. The minimum Gasteiger partial charge on any atom is -0.378 e. The summed E-state index contributed by atoms with van der Waals surface area (Å²) in [6, 6.07) is 3.94. The molecule has 1 fully saturated rings. The van der Waals surface area contributed by atoms with Crippen LogP contribution in [-0.4, -0.2) is 74.8 Å². The number of benzene rings is 2. The van der Waals surface area contributed by atoms with Crippen LogP contribution in [0.4, 0.5) is 36.4 Å². The number of carbonyl (C=O) groups is 2. The molecule has 2 heterocycles. The zero-order valence-electron chi connectivity index (χ0n) is 22.4. The molecule has 2 aliphatic rings. The van der Waals surface area contributed by atoms with Crippen molar-refractivity contribution in [2.24, 2.45) is 0 Å². The Morgan fingerprint density at radius 1 is 0.930 bits per heavy atom.